The molecule has 7 heteroatoms. The Balaban J connectivity index is 1.44. The van der Waals surface area contributed by atoms with Gasteiger partial charge in [-0.1, -0.05) is 18.2 Å². The Morgan fingerprint density at radius 3 is 2.69 bits per heavy atom. The quantitative estimate of drug-likeness (QED) is 0.539. The number of carbonyl (C=O) groups excluding carboxylic acids is 2. The van der Waals surface area contributed by atoms with Gasteiger partial charge in [-0.15, -0.1) is 0 Å². The summed E-state index contributed by atoms with van der Waals surface area (Å²) in [4.78, 5) is 27.3. The molecule has 29 heavy (non-hydrogen) atoms. The number of aryl methyl sites for hydroxylation is 1. The van der Waals surface area contributed by atoms with Crippen molar-refractivity contribution < 1.29 is 23.8 Å². The molecule has 1 heterocycles. The summed E-state index contributed by atoms with van der Waals surface area (Å²) < 4.78 is 15.4. The number of anilines is 1. The van der Waals surface area contributed by atoms with Crippen LogP contribution in [0, 0.1) is 0 Å². The zero-order chi connectivity index (χ0) is 20.6. The Morgan fingerprint density at radius 1 is 1.07 bits per heavy atom. The molecule has 2 N–H and O–H groups in total. The number of methoxy groups -OCH3 is 2. The summed E-state index contributed by atoms with van der Waals surface area (Å²) in [6.45, 7) is -0.355. The van der Waals surface area contributed by atoms with E-state index < -0.39 is 11.9 Å². The van der Waals surface area contributed by atoms with Crippen LogP contribution in [-0.4, -0.2) is 37.7 Å². The predicted molar refractivity (Wildman–Crippen MR) is 110 cm³/mol. The lowest BCUT2D eigenvalue weighted by atomic mass is 10.1. The van der Waals surface area contributed by atoms with E-state index in [1.807, 2.05) is 24.4 Å². The number of hydrogen-bond acceptors (Lipinski definition) is 5. The molecule has 2 aromatic carbocycles. The smallest absolute Gasteiger partial charge is 0.306 e. The molecular weight excluding hydrogens is 372 g/mol. The Morgan fingerprint density at radius 2 is 1.90 bits per heavy atom. The number of nitrogens with one attached hydrogen (secondary N) is 2. The van der Waals surface area contributed by atoms with E-state index in [1.165, 1.54) is 14.2 Å². The molecule has 0 saturated carbocycles. The van der Waals surface area contributed by atoms with Crippen molar-refractivity contribution in [3.05, 3.63) is 54.2 Å². The molecule has 3 rings (SSSR count). The fourth-order valence-electron chi connectivity index (χ4n) is 3.08. The van der Waals surface area contributed by atoms with Gasteiger partial charge in [-0.3, -0.25) is 9.59 Å². The highest BCUT2D eigenvalue weighted by molar-refractivity contribution is 5.94. The van der Waals surface area contributed by atoms with Crippen molar-refractivity contribution >= 4 is 28.5 Å². The van der Waals surface area contributed by atoms with Crippen molar-refractivity contribution in [3.63, 3.8) is 0 Å². The highest BCUT2D eigenvalue weighted by Crippen LogP contribution is 2.28. The molecule has 0 radical (unpaired) electrons. The lowest BCUT2D eigenvalue weighted by Gasteiger charge is -2.12. The van der Waals surface area contributed by atoms with Crippen LogP contribution in [0.2, 0.25) is 0 Å². The number of amides is 1. The van der Waals surface area contributed by atoms with Gasteiger partial charge >= 0.3 is 5.97 Å². The van der Waals surface area contributed by atoms with Crippen molar-refractivity contribution in [3.8, 4) is 11.5 Å². The van der Waals surface area contributed by atoms with Crippen LogP contribution in [0.5, 0.6) is 11.5 Å². The van der Waals surface area contributed by atoms with Crippen LogP contribution < -0.4 is 14.8 Å². The molecule has 152 valence electrons. The highest BCUT2D eigenvalue weighted by atomic mass is 16.5. The SMILES string of the molecule is COc1ccc(OC)c(NC(=O)COC(=O)CCCc2c[nH]c3ccccc23)c1. The zero-order valence-corrected chi connectivity index (χ0v) is 16.5. The van der Waals surface area contributed by atoms with Gasteiger partial charge in [-0.25, -0.2) is 0 Å². The Hall–Kier alpha value is -3.48. The third-order valence-corrected chi connectivity index (χ3v) is 4.55. The molecule has 0 aliphatic carbocycles. The largest absolute Gasteiger partial charge is 0.497 e. The van der Waals surface area contributed by atoms with Gasteiger partial charge in [0.2, 0.25) is 0 Å². The molecule has 1 aromatic heterocycles. The molecule has 7 nitrogen and oxygen atoms in total. The van der Waals surface area contributed by atoms with E-state index >= 15 is 0 Å². The fraction of sp³-hybridized carbons (Fsp3) is 0.273. The number of ether oxygens (including phenoxy) is 3. The second-order valence-corrected chi connectivity index (χ2v) is 6.49. The summed E-state index contributed by atoms with van der Waals surface area (Å²) >= 11 is 0. The van der Waals surface area contributed by atoms with Gasteiger partial charge in [-0.05, 0) is 36.6 Å². The first-order chi connectivity index (χ1) is 14.1. The second kappa shape index (κ2) is 9.64. The number of hydrogen-bond donors (Lipinski definition) is 2. The van der Waals surface area contributed by atoms with Gasteiger partial charge in [0.15, 0.2) is 6.61 Å². The normalized spacial score (nSPS) is 10.6. The monoisotopic (exact) mass is 396 g/mol. The van der Waals surface area contributed by atoms with Gasteiger partial charge in [0.05, 0.1) is 19.9 Å². The predicted octanol–water partition coefficient (Wildman–Crippen LogP) is 3.69. The Kier molecular flexibility index (Phi) is 6.73. The maximum absolute atomic E-state index is 12.1. The van der Waals surface area contributed by atoms with Crippen LogP contribution in [0.25, 0.3) is 10.9 Å². The molecule has 3 aromatic rings. The molecule has 1 amide bonds. The third-order valence-electron chi connectivity index (χ3n) is 4.55. The summed E-state index contributed by atoms with van der Waals surface area (Å²) in [5.74, 6) is 0.221. The van der Waals surface area contributed by atoms with E-state index in [9.17, 15) is 9.59 Å². The number of para-hydroxylation sites is 1. The molecule has 0 unspecified atom stereocenters. The van der Waals surface area contributed by atoms with Crippen molar-refractivity contribution in [2.45, 2.75) is 19.3 Å². The van der Waals surface area contributed by atoms with Gasteiger partial charge in [0.25, 0.3) is 5.91 Å². The number of rotatable bonds is 9. The van der Waals surface area contributed by atoms with E-state index in [2.05, 4.69) is 16.4 Å². The van der Waals surface area contributed by atoms with Crippen molar-refractivity contribution in [1.29, 1.82) is 0 Å². The number of fused-ring (bicyclic) bond motifs is 1. The van der Waals surface area contributed by atoms with Crippen molar-refractivity contribution in [2.24, 2.45) is 0 Å². The van der Waals surface area contributed by atoms with E-state index in [0.29, 0.717) is 23.6 Å². The lowest BCUT2D eigenvalue weighted by molar-refractivity contribution is -0.147. The topological polar surface area (TPSA) is 89.7 Å². The minimum Gasteiger partial charge on any atom is -0.497 e. The van der Waals surface area contributed by atoms with Gasteiger partial charge in [0, 0.05) is 29.6 Å². The highest BCUT2D eigenvalue weighted by Gasteiger charge is 2.12. The number of benzene rings is 2. The Labute approximate surface area is 169 Å². The van der Waals surface area contributed by atoms with E-state index in [1.54, 1.807) is 18.2 Å². The number of H-pyrrole nitrogens is 1. The minimum atomic E-state index is -0.443. The summed E-state index contributed by atoms with van der Waals surface area (Å²) in [6.07, 6.45) is 3.61. The third kappa shape index (κ3) is 5.28. The van der Waals surface area contributed by atoms with Crippen LogP contribution in [0.15, 0.2) is 48.7 Å². The number of esters is 1. The molecular formula is C22H24N2O5. The molecule has 0 bridgehead atoms. The summed E-state index contributed by atoms with van der Waals surface area (Å²) in [7, 11) is 3.04. The zero-order valence-electron chi connectivity index (χ0n) is 16.5. The molecule has 0 aliphatic rings. The lowest BCUT2D eigenvalue weighted by Crippen LogP contribution is -2.21. The maximum atomic E-state index is 12.1. The first kappa shape index (κ1) is 20.3. The molecule has 0 atom stereocenters. The number of carbonyl (C=O) groups is 2. The summed E-state index contributed by atoms with van der Waals surface area (Å²) in [5, 5.41) is 3.82. The summed E-state index contributed by atoms with van der Waals surface area (Å²) in [5.41, 5.74) is 2.69. The molecule has 0 saturated heterocycles. The van der Waals surface area contributed by atoms with E-state index in [0.717, 1.165) is 22.9 Å². The average molecular weight is 396 g/mol. The summed E-state index contributed by atoms with van der Waals surface area (Å²) in [6, 6.07) is 13.1. The first-order valence-corrected chi connectivity index (χ1v) is 9.33. The first-order valence-electron chi connectivity index (χ1n) is 9.33. The maximum Gasteiger partial charge on any atom is 0.306 e. The average Bonchev–Trinajstić information content (AvgIpc) is 3.15. The van der Waals surface area contributed by atoms with E-state index in [4.69, 9.17) is 14.2 Å². The van der Waals surface area contributed by atoms with Gasteiger partial charge in [-0.2, -0.15) is 0 Å². The number of aromatic amines is 1. The van der Waals surface area contributed by atoms with E-state index in [-0.39, 0.29) is 13.0 Å². The van der Waals surface area contributed by atoms with Crippen molar-refractivity contribution in [2.75, 3.05) is 26.1 Å². The number of aromatic nitrogens is 1. The Bertz CT molecular complexity index is 996. The minimum absolute atomic E-state index is 0.245. The molecule has 0 fully saturated rings. The molecule has 0 aliphatic heterocycles. The van der Waals surface area contributed by atoms with Gasteiger partial charge < -0.3 is 24.5 Å². The van der Waals surface area contributed by atoms with Crippen LogP contribution >= 0.6 is 0 Å². The van der Waals surface area contributed by atoms with Gasteiger partial charge in [0.1, 0.15) is 11.5 Å². The van der Waals surface area contributed by atoms with Crippen LogP contribution in [0.4, 0.5) is 5.69 Å². The fourth-order valence-corrected chi connectivity index (χ4v) is 3.08. The molecule has 0 spiro atoms. The van der Waals surface area contributed by atoms with Crippen LogP contribution in [-0.2, 0) is 20.7 Å². The standard InChI is InChI=1S/C22H24N2O5/c1-27-16-10-11-20(28-2)19(12-16)24-21(25)14-29-22(26)9-5-6-15-13-23-18-8-4-3-7-17(15)18/h3-4,7-8,10-13,23H,5-6,9,14H2,1-2H3,(H,24,25). The van der Waals surface area contributed by atoms with Crippen LogP contribution in [0.3, 0.4) is 0 Å². The second-order valence-electron chi connectivity index (χ2n) is 6.49. The van der Waals surface area contributed by atoms with Crippen LogP contribution in [0.1, 0.15) is 18.4 Å². The van der Waals surface area contributed by atoms with Crippen molar-refractivity contribution in [1.82, 2.24) is 4.98 Å².